The molecule has 0 N–H and O–H groups in total. The van der Waals surface area contributed by atoms with Crippen LogP contribution in [0.1, 0.15) is 6.42 Å². The predicted octanol–water partition coefficient (Wildman–Crippen LogP) is 0.930. The maximum Gasteiger partial charge on any atom is 0.271 e. The standard InChI is InChI=1S/C13H19N3O5S/c1-14-6-3-7-15(9-8-14)22(19,20)13-10-11(16(17)18)4-5-12(13)21-2/h4-5,10H,3,6-9H2,1-2H3. The number of hydrogen-bond acceptors (Lipinski definition) is 6. The third-order valence-corrected chi connectivity index (χ3v) is 5.57. The SMILES string of the molecule is COc1ccc([N+](=O)[O-])cc1S(=O)(=O)N1CCCN(C)CC1. The van der Waals surface area contributed by atoms with Crippen LogP contribution in [0, 0.1) is 10.1 Å². The van der Waals surface area contributed by atoms with Gasteiger partial charge in [-0.3, -0.25) is 10.1 Å². The third kappa shape index (κ3) is 3.37. The summed E-state index contributed by atoms with van der Waals surface area (Å²) in [6.07, 6.45) is 0.715. The number of non-ortho nitro benzene ring substituents is 1. The van der Waals surface area contributed by atoms with Crippen LogP contribution in [0.15, 0.2) is 23.1 Å². The van der Waals surface area contributed by atoms with Crippen LogP contribution in [0.5, 0.6) is 5.75 Å². The van der Waals surface area contributed by atoms with Gasteiger partial charge in [-0.25, -0.2) is 8.42 Å². The molecule has 0 amide bonds. The van der Waals surface area contributed by atoms with Crippen molar-refractivity contribution in [1.29, 1.82) is 0 Å². The first-order valence-electron chi connectivity index (χ1n) is 6.87. The number of sulfonamides is 1. The highest BCUT2D eigenvalue weighted by Crippen LogP contribution is 2.30. The van der Waals surface area contributed by atoms with Crippen molar-refractivity contribution in [3.63, 3.8) is 0 Å². The number of benzene rings is 1. The molecule has 122 valence electrons. The lowest BCUT2D eigenvalue weighted by Crippen LogP contribution is -2.34. The minimum Gasteiger partial charge on any atom is -0.495 e. The number of likely N-dealkylation sites (N-methyl/N-ethyl adjacent to an activating group) is 1. The lowest BCUT2D eigenvalue weighted by atomic mass is 10.3. The molecular weight excluding hydrogens is 310 g/mol. The third-order valence-electron chi connectivity index (χ3n) is 3.65. The Morgan fingerprint density at radius 1 is 1.23 bits per heavy atom. The molecule has 0 saturated carbocycles. The Morgan fingerprint density at radius 2 is 1.95 bits per heavy atom. The van der Waals surface area contributed by atoms with Gasteiger partial charge in [0.2, 0.25) is 10.0 Å². The molecule has 0 aromatic heterocycles. The lowest BCUT2D eigenvalue weighted by Gasteiger charge is -2.21. The summed E-state index contributed by atoms with van der Waals surface area (Å²) in [6.45, 7) is 2.18. The minimum absolute atomic E-state index is 0.114. The second-order valence-corrected chi connectivity index (χ2v) is 7.06. The summed E-state index contributed by atoms with van der Waals surface area (Å²) in [5.74, 6) is 0.114. The Kier molecular flexibility index (Phi) is 4.99. The van der Waals surface area contributed by atoms with Gasteiger partial charge >= 0.3 is 0 Å². The van der Waals surface area contributed by atoms with Crippen LogP contribution in [0.3, 0.4) is 0 Å². The van der Waals surface area contributed by atoms with Gasteiger partial charge in [-0.05, 0) is 26.1 Å². The molecule has 0 bridgehead atoms. The van der Waals surface area contributed by atoms with Crippen molar-refractivity contribution in [1.82, 2.24) is 9.21 Å². The zero-order chi connectivity index (χ0) is 16.3. The summed E-state index contributed by atoms with van der Waals surface area (Å²) in [6, 6.07) is 3.60. The average Bonchev–Trinajstić information content (AvgIpc) is 2.71. The number of nitro benzene ring substituents is 1. The number of ether oxygens (including phenoxy) is 1. The van der Waals surface area contributed by atoms with E-state index in [0.29, 0.717) is 26.1 Å². The molecule has 0 spiro atoms. The van der Waals surface area contributed by atoms with E-state index in [9.17, 15) is 18.5 Å². The van der Waals surface area contributed by atoms with Gasteiger partial charge in [-0.15, -0.1) is 0 Å². The highest BCUT2D eigenvalue weighted by molar-refractivity contribution is 7.89. The van der Waals surface area contributed by atoms with Gasteiger partial charge in [0.25, 0.3) is 5.69 Å². The summed E-state index contributed by atoms with van der Waals surface area (Å²) < 4.78 is 32.0. The first-order valence-corrected chi connectivity index (χ1v) is 8.31. The molecule has 1 aliphatic rings. The molecule has 1 aromatic carbocycles. The van der Waals surface area contributed by atoms with Crippen molar-refractivity contribution < 1.29 is 18.1 Å². The normalized spacial score (nSPS) is 17.9. The number of nitro groups is 1. The zero-order valence-electron chi connectivity index (χ0n) is 12.6. The molecule has 0 radical (unpaired) electrons. The van der Waals surface area contributed by atoms with E-state index in [2.05, 4.69) is 4.90 Å². The molecule has 1 heterocycles. The molecule has 0 aliphatic carbocycles. The van der Waals surface area contributed by atoms with Crippen LogP contribution in [0.2, 0.25) is 0 Å². The maximum absolute atomic E-state index is 12.8. The molecule has 22 heavy (non-hydrogen) atoms. The van der Waals surface area contributed by atoms with Crippen LogP contribution in [0.4, 0.5) is 5.69 Å². The first kappa shape index (κ1) is 16.7. The Bertz CT molecular complexity index is 662. The van der Waals surface area contributed by atoms with Gasteiger partial charge in [0.05, 0.1) is 12.0 Å². The fourth-order valence-electron chi connectivity index (χ4n) is 2.38. The quantitative estimate of drug-likeness (QED) is 0.602. The van der Waals surface area contributed by atoms with Crippen LogP contribution in [0.25, 0.3) is 0 Å². The van der Waals surface area contributed by atoms with E-state index in [4.69, 9.17) is 4.74 Å². The lowest BCUT2D eigenvalue weighted by molar-refractivity contribution is -0.385. The second-order valence-electron chi connectivity index (χ2n) is 5.15. The van der Waals surface area contributed by atoms with Crippen molar-refractivity contribution >= 4 is 15.7 Å². The molecule has 1 aliphatic heterocycles. The molecule has 0 unspecified atom stereocenters. The van der Waals surface area contributed by atoms with Gasteiger partial charge < -0.3 is 9.64 Å². The van der Waals surface area contributed by atoms with Crippen LogP contribution in [-0.2, 0) is 10.0 Å². The number of rotatable bonds is 4. The summed E-state index contributed by atoms with van der Waals surface area (Å²) in [4.78, 5) is 12.2. The number of nitrogens with zero attached hydrogens (tertiary/aromatic N) is 3. The second kappa shape index (κ2) is 6.59. The van der Waals surface area contributed by atoms with E-state index in [-0.39, 0.29) is 16.3 Å². The first-order chi connectivity index (χ1) is 10.4. The van der Waals surface area contributed by atoms with Crippen molar-refractivity contribution in [3.05, 3.63) is 28.3 Å². The van der Waals surface area contributed by atoms with E-state index in [0.717, 1.165) is 12.6 Å². The van der Waals surface area contributed by atoms with Gasteiger partial charge in [0.15, 0.2) is 0 Å². The highest BCUT2D eigenvalue weighted by Gasteiger charge is 2.30. The van der Waals surface area contributed by atoms with Crippen LogP contribution in [-0.4, -0.2) is 62.9 Å². The van der Waals surface area contributed by atoms with E-state index < -0.39 is 14.9 Å². The van der Waals surface area contributed by atoms with Crippen molar-refractivity contribution in [2.24, 2.45) is 0 Å². The summed E-state index contributed by atoms with van der Waals surface area (Å²) >= 11 is 0. The molecule has 2 rings (SSSR count). The number of hydrogen-bond donors (Lipinski definition) is 0. The van der Waals surface area contributed by atoms with E-state index in [1.807, 2.05) is 7.05 Å². The van der Waals surface area contributed by atoms with Crippen molar-refractivity contribution in [2.45, 2.75) is 11.3 Å². The summed E-state index contributed by atoms with van der Waals surface area (Å²) in [5, 5.41) is 10.9. The molecule has 8 nitrogen and oxygen atoms in total. The van der Waals surface area contributed by atoms with E-state index in [1.165, 1.54) is 23.5 Å². The molecule has 9 heteroatoms. The van der Waals surface area contributed by atoms with Crippen LogP contribution >= 0.6 is 0 Å². The molecular formula is C13H19N3O5S. The van der Waals surface area contributed by atoms with Gasteiger partial charge in [-0.2, -0.15) is 4.31 Å². The fraction of sp³-hybridized carbons (Fsp3) is 0.538. The van der Waals surface area contributed by atoms with E-state index >= 15 is 0 Å². The molecule has 0 atom stereocenters. The van der Waals surface area contributed by atoms with E-state index in [1.54, 1.807) is 0 Å². The molecule has 1 aromatic rings. The number of methoxy groups -OCH3 is 1. The predicted molar refractivity (Wildman–Crippen MR) is 80.5 cm³/mol. The monoisotopic (exact) mass is 329 g/mol. The van der Waals surface area contributed by atoms with Gasteiger partial charge in [0.1, 0.15) is 10.6 Å². The Hall–Kier alpha value is -1.71. The fourth-order valence-corrected chi connectivity index (χ4v) is 4.03. The summed E-state index contributed by atoms with van der Waals surface area (Å²) in [5.41, 5.74) is -0.272. The smallest absolute Gasteiger partial charge is 0.271 e. The minimum atomic E-state index is -3.83. The average molecular weight is 329 g/mol. The molecule has 1 fully saturated rings. The van der Waals surface area contributed by atoms with Crippen molar-refractivity contribution in [2.75, 3.05) is 40.3 Å². The Morgan fingerprint density at radius 3 is 2.59 bits per heavy atom. The Balaban J connectivity index is 2.43. The van der Waals surface area contributed by atoms with Crippen LogP contribution < -0.4 is 4.74 Å². The topological polar surface area (TPSA) is 93.0 Å². The highest BCUT2D eigenvalue weighted by atomic mass is 32.2. The van der Waals surface area contributed by atoms with Gasteiger partial charge in [0, 0.05) is 31.8 Å². The summed E-state index contributed by atoms with van der Waals surface area (Å²) in [7, 11) is -0.552. The van der Waals surface area contributed by atoms with Gasteiger partial charge in [-0.1, -0.05) is 0 Å². The van der Waals surface area contributed by atoms with Crippen molar-refractivity contribution in [3.8, 4) is 5.75 Å². The largest absolute Gasteiger partial charge is 0.495 e. The Labute approximate surface area is 129 Å². The molecule has 1 saturated heterocycles. The zero-order valence-corrected chi connectivity index (χ0v) is 13.4. The maximum atomic E-state index is 12.8.